The zero-order valence-electron chi connectivity index (χ0n) is 15.7. The van der Waals surface area contributed by atoms with Crippen molar-refractivity contribution in [2.75, 3.05) is 16.8 Å². The number of thioether (sulfide) groups is 1. The molecule has 5 rings (SSSR count). The van der Waals surface area contributed by atoms with Crippen LogP contribution < -0.4 is 16.2 Å². The van der Waals surface area contributed by atoms with Crippen molar-refractivity contribution in [1.29, 1.82) is 0 Å². The highest BCUT2D eigenvalue weighted by Crippen LogP contribution is 2.36. The molecule has 7 nitrogen and oxygen atoms in total. The van der Waals surface area contributed by atoms with Gasteiger partial charge in [-0.25, -0.2) is 9.97 Å². The van der Waals surface area contributed by atoms with Gasteiger partial charge in [0, 0.05) is 10.4 Å². The summed E-state index contributed by atoms with van der Waals surface area (Å²) in [5.74, 6) is 2.12. The average molecular weight is 428 g/mol. The number of rotatable bonds is 2. The molecule has 0 radical (unpaired) electrons. The number of hydrogen-bond acceptors (Lipinski definition) is 6. The number of benzene rings is 1. The van der Waals surface area contributed by atoms with E-state index in [0.717, 1.165) is 40.8 Å². The second kappa shape index (κ2) is 6.74. The summed E-state index contributed by atoms with van der Waals surface area (Å²) in [4.78, 5) is 34.7. The van der Waals surface area contributed by atoms with E-state index >= 15 is 0 Å². The number of fused-ring (bicyclic) bond motifs is 3. The molecular weight excluding hydrogens is 410 g/mol. The van der Waals surface area contributed by atoms with Gasteiger partial charge in [-0.2, -0.15) is 11.8 Å². The lowest BCUT2D eigenvalue weighted by Gasteiger charge is -2.35. The van der Waals surface area contributed by atoms with Crippen LogP contribution in [0.3, 0.4) is 0 Å². The minimum absolute atomic E-state index is 0.183. The summed E-state index contributed by atoms with van der Waals surface area (Å²) >= 11 is 7.98. The molecule has 0 atom stereocenters. The zero-order valence-corrected chi connectivity index (χ0v) is 17.2. The van der Waals surface area contributed by atoms with E-state index in [4.69, 9.17) is 11.6 Å². The number of nitrogens with one attached hydrogen (secondary N) is 2. The summed E-state index contributed by atoms with van der Waals surface area (Å²) in [6, 6.07) is 7.05. The lowest BCUT2D eigenvalue weighted by atomic mass is 10.0. The Balaban J connectivity index is 1.66. The van der Waals surface area contributed by atoms with Crippen molar-refractivity contribution in [3.05, 3.63) is 57.2 Å². The molecule has 2 aliphatic rings. The van der Waals surface area contributed by atoms with Gasteiger partial charge >= 0.3 is 0 Å². The number of carbonyl (C=O) groups is 1. The fourth-order valence-electron chi connectivity index (χ4n) is 4.16. The number of aromatic nitrogens is 3. The van der Waals surface area contributed by atoms with Crippen molar-refractivity contribution in [3.8, 4) is 0 Å². The maximum absolute atomic E-state index is 13.5. The fraction of sp³-hybridized carbons (Fsp3) is 0.300. The Labute approximate surface area is 175 Å². The molecule has 1 fully saturated rings. The number of nitrogens with zero attached hydrogens (tertiary/aromatic N) is 3. The van der Waals surface area contributed by atoms with Crippen molar-refractivity contribution in [1.82, 2.24) is 19.9 Å². The molecule has 2 N–H and O–H groups in total. The van der Waals surface area contributed by atoms with E-state index in [9.17, 15) is 9.59 Å². The molecule has 2 aliphatic heterocycles. The highest BCUT2D eigenvalue weighted by Gasteiger charge is 2.45. The summed E-state index contributed by atoms with van der Waals surface area (Å²) in [6.07, 6.45) is 2.90. The Hall–Kier alpha value is -2.58. The van der Waals surface area contributed by atoms with E-state index in [0.29, 0.717) is 22.2 Å². The highest BCUT2D eigenvalue weighted by atomic mass is 35.5. The van der Waals surface area contributed by atoms with Crippen molar-refractivity contribution < 1.29 is 4.79 Å². The predicted molar refractivity (Wildman–Crippen MR) is 115 cm³/mol. The van der Waals surface area contributed by atoms with Crippen LogP contribution in [-0.4, -0.2) is 31.9 Å². The van der Waals surface area contributed by atoms with Crippen LogP contribution in [0, 0.1) is 6.92 Å². The molecule has 0 bridgehead atoms. The van der Waals surface area contributed by atoms with Crippen LogP contribution >= 0.6 is 23.4 Å². The molecule has 0 unspecified atom stereocenters. The van der Waals surface area contributed by atoms with Gasteiger partial charge in [-0.3, -0.25) is 14.2 Å². The first kappa shape index (κ1) is 18.4. The lowest BCUT2D eigenvalue weighted by Crippen LogP contribution is -2.49. The van der Waals surface area contributed by atoms with E-state index < -0.39 is 5.66 Å². The first-order chi connectivity index (χ1) is 14.0. The molecule has 1 amide bonds. The normalized spacial score (nSPS) is 17.4. The van der Waals surface area contributed by atoms with E-state index in [1.54, 1.807) is 22.8 Å². The van der Waals surface area contributed by atoms with Crippen LogP contribution in [0.1, 0.15) is 28.9 Å². The van der Waals surface area contributed by atoms with E-state index in [1.165, 1.54) is 6.33 Å². The second-order valence-electron chi connectivity index (χ2n) is 7.34. The number of carbonyl (C=O) groups excluding carboxylic acids is 1. The average Bonchev–Trinajstić information content (AvgIpc) is 2.99. The summed E-state index contributed by atoms with van der Waals surface area (Å²) in [5, 5.41) is 7.53. The number of aryl methyl sites for hydroxylation is 1. The minimum Gasteiger partial charge on any atom is -0.335 e. The smallest absolute Gasteiger partial charge is 0.276 e. The van der Waals surface area contributed by atoms with Crippen LogP contribution in [0.25, 0.3) is 10.9 Å². The van der Waals surface area contributed by atoms with Crippen LogP contribution in [0.15, 0.2) is 35.4 Å². The molecule has 1 spiro atoms. The third-order valence-corrected chi connectivity index (χ3v) is 6.77. The summed E-state index contributed by atoms with van der Waals surface area (Å²) in [7, 11) is 0. The molecular formula is C20H18ClN5O2S. The van der Waals surface area contributed by atoms with Crippen molar-refractivity contribution >= 4 is 51.7 Å². The van der Waals surface area contributed by atoms with Gasteiger partial charge in [0.05, 0.1) is 5.52 Å². The maximum Gasteiger partial charge on any atom is 0.276 e. The SMILES string of the molecule is Cc1cc(Nc2ncnc3ccc(Cl)cc23)c(=O)n2c1C(=O)NC21CCSCC1. The van der Waals surface area contributed by atoms with Crippen LogP contribution in [-0.2, 0) is 5.66 Å². The van der Waals surface area contributed by atoms with Gasteiger partial charge < -0.3 is 10.6 Å². The van der Waals surface area contributed by atoms with Gasteiger partial charge in [-0.05, 0) is 61.1 Å². The number of hydrogen-bond donors (Lipinski definition) is 2. The largest absolute Gasteiger partial charge is 0.335 e. The Kier molecular flexibility index (Phi) is 4.29. The van der Waals surface area contributed by atoms with E-state index in [2.05, 4.69) is 20.6 Å². The van der Waals surface area contributed by atoms with Crippen LogP contribution in [0.4, 0.5) is 11.5 Å². The summed E-state index contributed by atoms with van der Waals surface area (Å²) in [6.45, 7) is 1.85. The topological polar surface area (TPSA) is 88.9 Å². The standard InChI is InChI=1S/C20H18ClN5O2S/c1-11-8-15(24-17-13-9-12(21)2-3-14(13)22-10-23-17)19(28)26-16(11)18(27)25-20(26)4-6-29-7-5-20/h2-3,8-10H,4-7H2,1H3,(H,25,27)(H,22,23,24). The molecule has 4 heterocycles. The molecule has 0 aliphatic carbocycles. The van der Waals surface area contributed by atoms with Crippen LogP contribution in [0.2, 0.25) is 5.02 Å². The van der Waals surface area contributed by atoms with E-state index in [-0.39, 0.29) is 11.5 Å². The Bertz CT molecular complexity index is 1220. The van der Waals surface area contributed by atoms with Gasteiger partial charge in [0.2, 0.25) is 0 Å². The molecule has 2 aromatic heterocycles. The molecule has 9 heteroatoms. The van der Waals surface area contributed by atoms with Crippen molar-refractivity contribution in [2.45, 2.75) is 25.4 Å². The van der Waals surface area contributed by atoms with Crippen molar-refractivity contribution in [3.63, 3.8) is 0 Å². The van der Waals surface area contributed by atoms with E-state index in [1.807, 2.05) is 24.8 Å². The Morgan fingerprint density at radius 2 is 2.00 bits per heavy atom. The van der Waals surface area contributed by atoms with Gasteiger partial charge in [0.25, 0.3) is 11.5 Å². The number of amides is 1. The highest BCUT2D eigenvalue weighted by molar-refractivity contribution is 7.99. The first-order valence-corrected chi connectivity index (χ1v) is 10.9. The second-order valence-corrected chi connectivity index (χ2v) is 9.00. The molecule has 1 saturated heterocycles. The van der Waals surface area contributed by atoms with Gasteiger partial charge in [-0.15, -0.1) is 0 Å². The third-order valence-electron chi connectivity index (χ3n) is 5.55. The number of pyridine rings is 1. The molecule has 148 valence electrons. The predicted octanol–water partition coefficient (Wildman–Crippen LogP) is 3.42. The molecule has 0 saturated carbocycles. The lowest BCUT2D eigenvalue weighted by molar-refractivity contribution is 0.0910. The molecule has 3 aromatic rings. The minimum atomic E-state index is -0.645. The van der Waals surface area contributed by atoms with Crippen LogP contribution in [0.5, 0.6) is 0 Å². The zero-order chi connectivity index (χ0) is 20.2. The third kappa shape index (κ3) is 2.89. The fourth-order valence-corrected chi connectivity index (χ4v) is 5.50. The van der Waals surface area contributed by atoms with Gasteiger partial charge in [0.1, 0.15) is 29.2 Å². The molecule has 29 heavy (non-hydrogen) atoms. The van der Waals surface area contributed by atoms with Gasteiger partial charge in [-0.1, -0.05) is 11.6 Å². The van der Waals surface area contributed by atoms with Crippen molar-refractivity contribution in [2.24, 2.45) is 0 Å². The molecule has 1 aromatic carbocycles. The monoisotopic (exact) mass is 427 g/mol. The van der Waals surface area contributed by atoms with Gasteiger partial charge in [0.15, 0.2) is 0 Å². The quantitative estimate of drug-likeness (QED) is 0.651. The number of anilines is 2. The first-order valence-electron chi connectivity index (χ1n) is 9.33. The Morgan fingerprint density at radius 1 is 1.21 bits per heavy atom. The summed E-state index contributed by atoms with van der Waals surface area (Å²) < 4.78 is 1.66. The Morgan fingerprint density at radius 3 is 2.79 bits per heavy atom. The summed E-state index contributed by atoms with van der Waals surface area (Å²) in [5.41, 5.74) is 1.42. The maximum atomic E-state index is 13.5. The number of halogens is 1.